The van der Waals surface area contributed by atoms with Crippen LogP contribution in [0.25, 0.3) is 0 Å². The van der Waals surface area contributed by atoms with Gasteiger partial charge in [0, 0.05) is 121 Å². The molecule has 0 heterocycles. The van der Waals surface area contributed by atoms with Crippen molar-refractivity contribution in [3.05, 3.63) is 377 Å². The maximum Gasteiger partial charge on any atom is 0.126 e. The lowest BCUT2D eigenvalue weighted by Crippen LogP contribution is -2.27. The Morgan fingerprint density at radius 3 is 1.47 bits per heavy atom. The van der Waals surface area contributed by atoms with Crippen LogP contribution in [0.15, 0.2) is 260 Å². The Morgan fingerprint density at radius 1 is 0.487 bits per heavy atom. The molecule has 0 bridgehead atoms. The van der Waals surface area contributed by atoms with Crippen LogP contribution in [0.2, 0.25) is 0 Å². The Kier molecular flexibility index (Phi) is 30.6. The number of nitrogens with zero attached hydrogens (tertiary/aromatic N) is 4. The minimum absolute atomic E-state index is 0.123. The summed E-state index contributed by atoms with van der Waals surface area (Å²) in [6, 6.07) is 72.9. The molecule has 0 fully saturated rings. The normalized spacial score (nSPS) is 12.6. The van der Waals surface area contributed by atoms with Crippen molar-refractivity contribution in [1.82, 2.24) is 4.90 Å². The average Bonchev–Trinajstić information content (AvgIpc) is 0.774. The fourth-order valence-electron chi connectivity index (χ4n) is 15.9. The van der Waals surface area contributed by atoms with Gasteiger partial charge in [-0.1, -0.05) is 229 Å². The molecule has 0 saturated carbocycles. The van der Waals surface area contributed by atoms with Gasteiger partial charge in [-0.25, -0.2) is 0 Å². The van der Waals surface area contributed by atoms with E-state index in [0.717, 1.165) is 124 Å². The van der Waals surface area contributed by atoms with Crippen molar-refractivity contribution in [3.8, 4) is 17.2 Å². The second-order valence-electron chi connectivity index (χ2n) is 31.3. The topological polar surface area (TPSA) is 71.9 Å². The van der Waals surface area contributed by atoms with Gasteiger partial charge in [-0.3, -0.25) is 0 Å². The van der Waals surface area contributed by atoms with Crippen LogP contribution in [0, 0.1) is 55.4 Å². The van der Waals surface area contributed by atoms with E-state index in [-0.39, 0.29) is 24.6 Å². The van der Waals surface area contributed by atoms with Crippen LogP contribution in [0.3, 0.4) is 0 Å². The van der Waals surface area contributed by atoms with Gasteiger partial charge in [-0.15, -0.1) is 0 Å². The molecule has 10 aromatic rings. The fraction of sp³-hybridized carbons (Fsp3) is 0.320. The third-order valence-corrected chi connectivity index (χ3v) is 23.0. The van der Waals surface area contributed by atoms with E-state index < -0.39 is 0 Å². The molecule has 113 heavy (non-hydrogen) atoms. The number of phenolic OH excluding ortho intramolecular Hbond substituents is 2. The minimum Gasteiger partial charge on any atom is -0.507 e. The number of phenols is 2. The van der Waals surface area contributed by atoms with Crippen LogP contribution in [0.5, 0.6) is 17.2 Å². The molecule has 1 unspecified atom stereocenters. The standard InChI is InChI=1S/C103H120N4O4S2/c1-13-86-58-97(104(65-82-31-19-15-20-32-82)66-83-33-21-16-22-34-83)60-92(101(86)108)56-94-63-98(106(68-85-37-25-18-26-38-85)70-88-44-40-73(4)52-77(88)8)64-95(103(94)111-48-28-30-50-113)57-93-62-99(107(71-89-45-41-74(5)53-78(89)9)80(11)100-46-42-75(6)54-79(100)10)61-91(102(93)109)55-90(81(12)110-47-27-29-49-112)59-96(14-2)105(67-84-35-23-17-24-36-84)69-87-43-39-72(3)51-76(87)7/h14-21,23-26,31-33,35-46,51-54,58-64,80,108-109,112-113H,12-13,22,27-30,34,47-50,55-57,65-71H2,1-11H3/b90-59-,96-14+. The van der Waals surface area contributed by atoms with Crippen LogP contribution < -0.4 is 19.4 Å². The lowest BCUT2D eigenvalue weighted by Gasteiger charge is -2.34. The molecule has 11 rings (SSSR count). The molecule has 2 N–H and O–H groups in total. The van der Waals surface area contributed by atoms with E-state index in [1.165, 1.54) is 89.0 Å². The first-order valence-corrected chi connectivity index (χ1v) is 42.1. The van der Waals surface area contributed by atoms with Gasteiger partial charge >= 0.3 is 0 Å². The lowest BCUT2D eigenvalue weighted by molar-refractivity contribution is 0.215. The van der Waals surface area contributed by atoms with Gasteiger partial charge in [0.2, 0.25) is 0 Å². The summed E-state index contributed by atoms with van der Waals surface area (Å²) >= 11 is 9.34. The molecule has 8 nitrogen and oxygen atoms in total. The number of allylic oxidation sites excluding steroid dienone is 6. The largest absolute Gasteiger partial charge is 0.507 e. The number of rotatable bonds is 39. The summed E-state index contributed by atoms with van der Waals surface area (Å²) in [7, 11) is 0. The SMILES string of the molecule is C=C(OCCCCS)/C(=C\C(=C/C)N(Cc1ccccc1)Cc1ccc(C)cc1C)Cc1cc(N(Cc2ccc(C)cc2C)C(C)c2ccc(C)cc2C)cc(Cc2cc(N(Cc3ccccc3)Cc3ccc(C)cc3C)cc(Cc3cc(N(CC4=CC=CCC4)Cc4ccccc4)cc(CC)c3O)c2OCCCCS)c1O. The molecule has 0 aromatic heterocycles. The number of benzene rings is 10. The third-order valence-electron chi connectivity index (χ3n) is 22.3. The molecule has 0 amide bonds. The summed E-state index contributed by atoms with van der Waals surface area (Å²) < 4.78 is 14.3. The highest BCUT2D eigenvalue weighted by molar-refractivity contribution is 7.80. The quantitative estimate of drug-likeness (QED) is 0.0132. The van der Waals surface area contributed by atoms with Crippen LogP contribution in [0.4, 0.5) is 17.1 Å². The third kappa shape index (κ3) is 23.1. The van der Waals surface area contributed by atoms with Gasteiger partial charge in [0.1, 0.15) is 23.0 Å². The Morgan fingerprint density at radius 2 is 0.956 bits per heavy atom. The molecule has 0 saturated heterocycles. The first kappa shape index (κ1) is 83.9. The first-order chi connectivity index (χ1) is 54.7. The van der Waals surface area contributed by atoms with E-state index in [0.29, 0.717) is 76.8 Å². The molecule has 0 aliphatic heterocycles. The van der Waals surface area contributed by atoms with E-state index in [1.54, 1.807) is 0 Å². The van der Waals surface area contributed by atoms with Crippen molar-refractivity contribution in [3.63, 3.8) is 0 Å². The van der Waals surface area contributed by atoms with Crippen LogP contribution in [-0.2, 0) is 69.7 Å². The summed E-state index contributed by atoms with van der Waals surface area (Å²) in [5, 5.41) is 27.0. The number of ether oxygens (including phenoxy) is 2. The summed E-state index contributed by atoms with van der Waals surface area (Å²) in [5.41, 5.74) is 29.6. The molecule has 0 radical (unpaired) electrons. The lowest BCUT2D eigenvalue weighted by atomic mass is 9.91. The average molecular weight is 1540 g/mol. The maximum atomic E-state index is 14.1. The second kappa shape index (κ2) is 41.2. The number of hydrogen-bond acceptors (Lipinski definition) is 10. The highest BCUT2D eigenvalue weighted by atomic mass is 32.1. The van der Waals surface area contributed by atoms with Gasteiger partial charge < -0.3 is 39.3 Å². The minimum atomic E-state index is -0.123. The first-order valence-electron chi connectivity index (χ1n) is 40.9. The van der Waals surface area contributed by atoms with Crippen molar-refractivity contribution in [2.45, 2.75) is 186 Å². The monoisotopic (exact) mass is 1540 g/mol. The molecule has 10 aromatic carbocycles. The summed E-state index contributed by atoms with van der Waals surface area (Å²) in [5.74, 6) is 3.26. The van der Waals surface area contributed by atoms with Crippen molar-refractivity contribution >= 4 is 42.3 Å². The van der Waals surface area contributed by atoms with Crippen LogP contribution >= 0.6 is 25.3 Å². The van der Waals surface area contributed by atoms with Crippen LogP contribution in [0.1, 0.15) is 182 Å². The predicted molar refractivity (Wildman–Crippen MR) is 484 cm³/mol. The van der Waals surface area contributed by atoms with Crippen molar-refractivity contribution < 1.29 is 19.7 Å². The van der Waals surface area contributed by atoms with Crippen LogP contribution in [-0.4, -0.2) is 46.4 Å². The van der Waals surface area contributed by atoms with Crippen molar-refractivity contribution in [2.24, 2.45) is 0 Å². The highest BCUT2D eigenvalue weighted by Gasteiger charge is 2.28. The maximum absolute atomic E-state index is 14.1. The van der Waals surface area contributed by atoms with Gasteiger partial charge in [-0.2, -0.15) is 25.3 Å². The number of aromatic hydroxyl groups is 2. The molecule has 1 aliphatic rings. The molecule has 588 valence electrons. The summed E-state index contributed by atoms with van der Waals surface area (Å²) in [4.78, 5) is 9.99. The summed E-state index contributed by atoms with van der Waals surface area (Å²) in [6.45, 7) is 34.4. The van der Waals surface area contributed by atoms with E-state index >= 15 is 0 Å². The van der Waals surface area contributed by atoms with Gasteiger partial charge in [-0.05, 0) is 235 Å². The molecule has 10 heteroatoms. The number of thiol groups is 2. The predicted octanol–water partition coefficient (Wildman–Crippen LogP) is 25.0. The Bertz CT molecular complexity index is 4980. The zero-order valence-electron chi connectivity index (χ0n) is 69.0. The Balaban J connectivity index is 1.17. The summed E-state index contributed by atoms with van der Waals surface area (Å²) in [6.07, 6.45) is 18.1. The number of anilines is 3. The number of unbranched alkanes of at least 4 members (excludes halogenated alkanes) is 2. The van der Waals surface area contributed by atoms with Gasteiger partial charge in [0.15, 0.2) is 0 Å². The second-order valence-corrected chi connectivity index (χ2v) is 32.2. The molecule has 0 spiro atoms. The Hall–Kier alpha value is -10.0. The number of hydrogen-bond donors (Lipinski definition) is 4. The fourth-order valence-corrected chi connectivity index (χ4v) is 16.3. The van der Waals surface area contributed by atoms with Crippen molar-refractivity contribution in [2.75, 3.05) is 46.0 Å². The van der Waals surface area contributed by atoms with E-state index in [2.05, 4.69) is 339 Å². The smallest absolute Gasteiger partial charge is 0.126 e. The molecule has 1 aliphatic carbocycles. The van der Waals surface area contributed by atoms with Gasteiger partial charge in [0.05, 0.1) is 19.3 Å². The van der Waals surface area contributed by atoms with Crippen molar-refractivity contribution in [1.29, 1.82) is 0 Å². The van der Waals surface area contributed by atoms with E-state index in [1.807, 2.05) is 0 Å². The molecule has 1 atom stereocenters. The highest BCUT2D eigenvalue weighted by Crippen LogP contribution is 2.44. The number of aryl methyl sites for hydroxylation is 9. The van der Waals surface area contributed by atoms with Gasteiger partial charge in [0.25, 0.3) is 0 Å². The zero-order chi connectivity index (χ0) is 79.9. The van der Waals surface area contributed by atoms with E-state index in [4.69, 9.17) is 28.7 Å². The molecular weight excluding hydrogens is 1420 g/mol. The van der Waals surface area contributed by atoms with E-state index in [9.17, 15) is 10.2 Å². The molecular formula is C103H120N4O4S2. The zero-order valence-corrected chi connectivity index (χ0v) is 70.8. The Labute approximate surface area is 687 Å².